The Hall–Kier alpha value is -11.2. The molecule has 0 radical (unpaired) electrons. The summed E-state index contributed by atoms with van der Waals surface area (Å²) >= 11 is 13.0. The maximum atomic E-state index is 14.6. The van der Waals surface area contributed by atoms with E-state index in [0.717, 1.165) is 30.5 Å². The molecule has 11 amide bonds. The Kier molecular flexibility index (Phi) is 31.3. The van der Waals surface area contributed by atoms with E-state index in [0.29, 0.717) is 43.6 Å². The highest BCUT2D eigenvalue weighted by atomic mass is 35.5. The van der Waals surface area contributed by atoms with Crippen LogP contribution in [0.1, 0.15) is 74.9 Å². The number of aliphatic hydroxyl groups is 3. The van der Waals surface area contributed by atoms with E-state index in [4.69, 9.17) is 34.7 Å². The van der Waals surface area contributed by atoms with Gasteiger partial charge in [0.05, 0.1) is 44.1 Å². The third-order valence-corrected chi connectivity index (χ3v) is 17.5. The van der Waals surface area contributed by atoms with Crippen molar-refractivity contribution in [2.75, 3.05) is 13.2 Å². The number of aromatic amines is 1. The number of rotatable bonds is 39. The van der Waals surface area contributed by atoms with E-state index in [2.05, 4.69) is 63.1 Å². The number of halogens is 2. The second kappa shape index (κ2) is 39.6. The van der Waals surface area contributed by atoms with Gasteiger partial charge in [-0.1, -0.05) is 132 Å². The molecule has 5 aromatic carbocycles. The molecule has 0 spiro atoms. The van der Waals surface area contributed by atoms with Gasteiger partial charge in [0, 0.05) is 59.6 Å². The number of carbonyl (C=O) groups is 13. The minimum Gasteiger partial charge on any atom is -0.481 e. The lowest BCUT2D eigenvalue weighted by molar-refractivity contribution is -0.142. The Bertz CT molecular complexity index is 4100. The molecule has 106 heavy (non-hydrogen) atoms. The number of imidazole rings is 1. The van der Waals surface area contributed by atoms with Crippen molar-refractivity contribution in [3.63, 3.8) is 0 Å². The molecule has 0 aliphatic rings. The summed E-state index contributed by atoms with van der Waals surface area (Å²) < 4.78 is 0. The van der Waals surface area contributed by atoms with Crippen LogP contribution in [0.4, 0.5) is 0 Å². The Morgan fingerprint density at radius 1 is 0.547 bits per heavy atom. The second-order valence-electron chi connectivity index (χ2n) is 25.4. The van der Waals surface area contributed by atoms with Gasteiger partial charge in [-0.05, 0) is 92.1 Å². The number of H-pyrrole nitrogens is 1. The summed E-state index contributed by atoms with van der Waals surface area (Å²) in [6, 6.07) is 19.0. The van der Waals surface area contributed by atoms with Gasteiger partial charge in [-0.2, -0.15) is 0 Å². The summed E-state index contributed by atoms with van der Waals surface area (Å²) in [6.07, 6.45) is -3.85. The fourth-order valence-corrected chi connectivity index (χ4v) is 11.6. The van der Waals surface area contributed by atoms with Crippen LogP contribution in [0, 0.1) is 6.92 Å². The fraction of sp³-hybridized carbons (Fsp3) is 0.361. The third kappa shape index (κ3) is 25.0. The highest BCUT2D eigenvalue weighted by Gasteiger charge is 2.42. The predicted molar refractivity (Wildman–Crippen MR) is 386 cm³/mol. The standard InChI is InChI=1S/C72H86Cl2N14O18/c1-37-12-9-10-15-47(37)44-22-18-41(19-23-44)28-52(62(76)97)82-66(101)53(29-42-20-24-45(25-21-42)59-48(73)16-11-17-49(59)74)83-67(102)54(31-58(95)96)84-68(103)55(35-89)85-69(104)60(39(3)90)87-71(106)72(5,32-43-13-7-6-8-14-43)88-70(105)61(40(4)91)86-56(92)34-78-65(100)51(26-27-57(93)94)81-63(98)38(2)80-64(99)50(75)30-46-33-77-36-79-46/h6-25,33,36,38-40,50-55,60-61,89-91H,26-32,34-35,75H2,1-5H3,(H2,76,97)(H,77,79)(H,78,100)(H,80,99)(H,81,98)(H,82,101)(H,83,102)(H,84,103)(H,85,104)(H,86,92)(H,87,106)(H,88,105)(H,93,94)(H,95,96)/t38-,39+,40+,50-,51-,52-,53-,54-,55-,60-,61-,72-/m0/s1. The first-order valence-electron chi connectivity index (χ1n) is 33.3. The van der Waals surface area contributed by atoms with Crippen LogP contribution in [-0.2, 0) is 88.0 Å². The van der Waals surface area contributed by atoms with Crippen LogP contribution in [0.15, 0.2) is 134 Å². The van der Waals surface area contributed by atoms with Crippen molar-refractivity contribution >= 4 is 100 Å². The number of nitrogens with one attached hydrogen (secondary N) is 11. The van der Waals surface area contributed by atoms with E-state index < -0.39 is 188 Å². The zero-order chi connectivity index (χ0) is 78.1. The maximum Gasteiger partial charge on any atom is 0.305 e. The topological polar surface area (TPSA) is 524 Å². The lowest BCUT2D eigenvalue weighted by Gasteiger charge is -2.34. The molecule has 1 heterocycles. The summed E-state index contributed by atoms with van der Waals surface area (Å²) in [6.45, 7) is 4.35. The van der Waals surface area contributed by atoms with E-state index in [1.165, 1.54) is 26.4 Å². The first kappa shape index (κ1) is 83.8. The molecule has 1 aromatic heterocycles. The molecule has 0 aliphatic carbocycles. The Balaban J connectivity index is 1.15. The van der Waals surface area contributed by atoms with Gasteiger partial charge in [-0.15, -0.1) is 0 Å². The van der Waals surface area contributed by atoms with Gasteiger partial charge in [0.25, 0.3) is 0 Å². The molecule has 0 saturated heterocycles. The summed E-state index contributed by atoms with van der Waals surface area (Å²) in [5.41, 5.74) is 15.5. The average Bonchev–Trinajstić information content (AvgIpc) is 0.973. The van der Waals surface area contributed by atoms with E-state index in [1.807, 2.05) is 43.3 Å². The number of aromatic nitrogens is 2. The average molecular weight is 1510 g/mol. The van der Waals surface area contributed by atoms with Gasteiger partial charge in [-0.3, -0.25) is 62.3 Å². The number of primary amides is 1. The molecular formula is C72H86Cl2N14O18. The number of carboxylic acids is 2. The van der Waals surface area contributed by atoms with Crippen molar-refractivity contribution in [2.24, 2.45) is 11.5 Å². The van der Waals surface area contributed by atoms with Crippen molar-refractivity contribution in [3.8, 4) is 22.3 Å². The van der Waals surface area contributed by atoms with Gasteiger partial charge in [0.15, 0.2) is 0 Å². The molecule has 34 heteroatoms. The summed E-state index contributed by atoms with van der Waals surface area (Å²) in [5.74, 6) is -15.3. The van der Waals surface area contributed by atoms with E-state index in [1.54, 1.807) is 84.9 Å². The maximum absolute atomic E-state index is 14.6. The third-order valence-electron chi connectivity index (χ3n) is 16.8. The van der Waals surface area contributed by atoms with Crippen LogP contribution >= 0.6 is 23.2 Å². The number of nitrogens with two attached hydrogens (primary N) is 2. The lowest BCUT2D eigenvalue weighted by atomic mass is 9.90. The number of benzene rings is 5. The number of aliphatic carboxylic acids is 2. The molecule has 0 saturated carbocycles. The number of aryl methyl sites for hydroxylation is 1. The molecular weight excluding hydrogens is 1420 g/mol. The van der Waals surface area contributed by atoms with Crippen LogP contribution in [0.5, 0.6) is 0 Å². The highest BCUT2D eigenvalue weighted by molar-refractivity contribution is 6.39. The smallest absolute Gasteiger partial charge is 0.305 e. The minimum absolute atomic E-state index is 0.0308. The fourth-order valence-electron chi connectivity index (χ4n) is 11.0. The monoisotopic (exact) mass is 1500 g/mol. The largest absolute Gasteiger partial charge is 0.481 e. The Morgan fingerprint density at radius 3 is 1.65 bits per heavy atom. The number of carbonyl (C=O) groups excluding carboxylic acids is 11. The molecule has 12 atom stereocenters. The molecule has 32 nitrogen and oxygen atoms in total. The second-order valence-corrected chi connectivity index (χ2v) is 26.2. The molecule has 6 aromatic rings. The number of amides is 11. The minimum atomic E-state index is -2.18. The molecule has 0 unspecified atom stereocenters. The van der Waals surface area contributed by atoms with E-state index in [-0.39, 0.29) is 19.3 Å². The Morgan fingerprint density at radius 2 is 1.08 bits per heavy atom. The van der Waals surface area contributed by atoms with Crippen molar-refractivity contribution in [3.05, 3.63) is 172 Å². The number of aliphatic hydroxyl groups excluding tert-OH is 3. The van der Waals surface area contributed by atoms with Crippen molar-refractivity contribution in [1.82, 2.24) is 63.1 Å². The SMILES string of the molecule is Cc1ccccc1-c1ccc(C[C@H](NC(=O)[C@H](Cc2ccc(-c3c(Cl)cccc3Cl)cc2)NC(=O)[C@H](CC(=O)O)NC(=O)[C@H](CO)NC(=O)[C@@H](NC(=O)[C@](C)(Cc2ccccc2)NC(=O)[C@@H](NC(=O)CNC(=O)[C@H](CCC(=O)O)NC(=O)[C@H](C)NC(=O)[C@@H](N)Cc2cnc[nH]2)[C@@H](C)O)[C@@H](C)O)C(N)=O)cc1. The van der Waals surface area contributed by atoms with Crippen molar-refractivity contribution < 1.29 is 87.9 Å². The Labute approximate surface area is 618 Å². The zero-order valence-electron chi connectivity index (χ0n) is 58.3. The van der Waals surface area contributed by atoms with Crippen LogP contribution in [0.25, 0.3) is 22.3 Å². The van der Waals surface area contributed by atoms with Crippen LogP contribution in [0.2, 0.25) is 10.0 Å². The predicted octanol–water partition coefficient (Wildman–Crippen LogP) is -0.575. The van der Waals surface area contributed by atoms with E-state index in [9.17, 15) is 87.9 Å². The molecule has 20 N–H and O–H groups in total. The molecule has 566 valence electrons. The first-order chi connectivity index (χ1) is 50.2. The summed E-state index contributed by atoms with van der Waals surface area (Å²) in [5, 5.41) is 76.0. The van der Waals surface area contributed by atoms with Gasteiger partial charge in [0.2, 0.25) is 65.0 Å². The summed E-state index contributed by atoms with van der Waals surface area (Å²) in [7, 11) is 0. The van der Waals surface area contributed by atoms with Crippen molar-refractivity contribution in [1.29, 1.82) is 0 Å². The number of carboxylic acid groups (broad SMARTS) is 2. The normalized spacial score (nSPS) is 14.8. The lowest BCUT2D eigenvalue weighted by Crippen LogP contribution is -2.67. The van der Waals surface area contributed by atoms with Gasteiger partial charge < -0.3 is 95.2 Å². The number of nitrogens with zero attached hydrogens (tertiary/aromatic N) is 1. The number of hydrogen-bond acceptors (Lipinski definition) is 18. The zero-order valence-corrected chi connectivity index (χ0v) is 59.8. The van der Waals surface area contributed by atoms with Crippen LogP contribution < -0.4 is 64.6 Å². The molecule has 0 aliphatic heterocycles. The quantitative estimate of drug-likeness (QED) is 0.0230. The highest BCUT2D eigenvalue weighted by Crippen LogP contribution is 2.35. The van der Waals surface area contributed by atoms with Crippen molar-refractivity contribution in [2.45, 2.75) is 152 Å². The summed E-state index contributed by atoms with van der Waals surface area (Å²) in [4.78, 5) is 182. The first-order valence-corrected chi connectivity index (χ1v) is 34.1. The van der Waals surface area contributed by atoms with Crippen LogP contribution in [0.3, 0.4) is 0 Å². The van der Waals surface area contributed by atoms with E-state index >= 15 is 0 Å². The number of hydrogen-bond donors (Lipinski definition) is 18. The van der Waals surface area contributed by atoms with Gasteiger partial charge in [0.1, 0.15) is 53.9 Å². The molecule has 6 rings (SSSR count). The molecule has 0 fully saturated rings. The van der Waals surface area contributed by atoms with Gasteiger partial charge >= 0.3 is 11.9 Å². The van der Waals surface area contributed by atoms with Gasteiger partial charge in [-0.25, -0.2) is 4.98 Å². The van der Waals surface area contributed by atoms with Crippen LogP contribution in [-0.4, -0.2) is 198 Å². The molecule has 0 bridgehead atoms.